The second-order valence-electron chi connectivity index (χ2n) is 7.93. The fourth-order valence-corrected chi connectivity index (χ4v) is 4.85. The number of phenolic OH excluding ortho intramolecular Hbond substituents is 1. The Morgan fingerprint density at radius 2 is 2.08 bits per heavy atom. The molecule has 3 rings (SSSR count). The molecule has 0 saturated carbocycles. The molecule has 2 bridgehead atoms. The summed E-state index contributed by atoms with van der Waals surface area (Å²) in [6.07, 6.45) is 7.70. The first-order chi connectivity index (χ1) is 11.6. The van der Waals surface area contributed by atoms with Crippen molar-refractivity contribution in [3.63, 3.8) is 0 Å². The maximum Gasteiger partial charge on any atom is 0.115 e. The van der Waals surface area contributed by atoms with Gasteiger partial charge in [0.2, 0.25) is 0 Å². The van der Waals surface area contributed by atoms with Gasteiger partial charge >= 0.3 is 0 Å². The molecule has 3 atom stereocenters. The van der Waals surface area contributed by atoms with E-state index in [0.717, 1.165) is 12.8 Å². The molecule has 3 heteroatoms. The van der Waals surface area contributed by atoms with Gasteiger partial charge in [-0.15, -0.1) is 0 Å². The molecule has 1 heterocycles. The van der Waals surface area contributed by atoms with Crippen molar-refractivity contribution in [2.75, 3.05) is 13.1 Å². The number of aromatic hydroxyl groups is 1. The summed E-state index contributed by atoms with van der Waals surface area (Å²) in [6.45, 7) is 7.14. The molecule has 1 aliphatic heterocycles. The molecule has 1 fully saturated rings. The highest BCUT2D eigenvalue weighted by molar-refractivity contribution is 5.44. The number of benzene rings is 1. The van der Waals surface area contributed by atoms with Gasteiger partial charge in [0.15, 0.2) is 0 Å². The van der Waals surface area contributed by atoms with E-state index in [1.54, 1.807) is 0 Å². The number of piperidine rings is 1. The molecule has 2 aliphatic rings. The Kier molecular flexibility index (Phi) is 5.15. The summed E-state index contributed by atoms with van der Waals surface area (Å²) in [6, 6.07) is 8.84. The second kappa shape index (κ2) is 7.15. The van der Waals surface area contributed by atoms with E-state index in [9.17, 15) is 5.11 Å². The van der Waals surface area contributed by atoms with Gasteiger partial charge in [-0.05, 0) is 73.4 Å². The van der Waals surface area contributed by atoms with Gasteiger partial charge in [0.25, 0.3) is 0 Å². The first-order valence-corrected chi connectivity index (χ1v) is 9.49. The summed E-state index contributed by atoms with van der Waals surface area (Å²) >= 11 is 0. The predicted molar refractivity (Wildman–Crippen MR) is 97.0 cm³/mol. The average Bonchev–Trinajstić information content (AvgIpc) is 2.56. The van der Waals surface area contributed by atoms with Crippen LogP contribution in [0.5, 0.6) is 5.75 Å². The number of fused-ring (bicyclic) bond motifs is 4. The number of unbranched alkanes of at least 4 members (excludes halogenated alkanes) is 4. The second-order valence-corrected chi connectivity index (χ2v) is 7.93. The Bertz CT molecular complexity index is 621. The molecule has 2 unspecified atom stereocenters. The smallest absolute Gasteiger partial charge is 0.115 e. The van der Waals surface area contributed by atoms with Crippen LogP contribution in [-0.2, 0) is 11.8 Å². The molecule has 0 amide bonds. The highest BCUT2D eigenvalue weighted by atomic mass is 16.3. The Labute approximate surface area is 146 Å². The van der Waals surface area contributed by atoms with Crippen molar-refractivity contribution in [1.82, 2.24) is 4.90 Å². The van der Waals surface area contributed by atoms with E-state index in [1.165, 1.54) is 49.9 Å². The summed E-state index contributed by atoms with van der Waals surface area (Å²) in [7, 11) is 0. The van der Waals surface area contributed by atoms with Crippen molar-refractivity contribution in [3.05, 3.63) is 29.3 Å². The molecular formula is C21H30N2O. The molecule has 24 heavy (non-hydrogen) atoms. The van der Waals surface area contributed by atoms with E-state index >= 15 is 0 Å². The zero-order valence-electron chi connectivity index (χ0n) is 15.1. The summed E-state index contributed by atoms with van der Waals surface area (Å²) in [4.78, 5) is 2.70. The molecule has 1 saturated heterocycles. The third kappa shape index (κ3) is 3.17. The van der Waals surface area contributed by atoms with Crippen LogP contribution in [0.25, 0.3) is 0 Å². The van der Waals surface area contributed by atoms with Gasteiger partial charge in [-0.1, -0.05) is 32.8 Å². The van der Waals surface area contributed by atoms with Crippen LogP contribution in [0.3, 0.4) is 0 Å². The van der Waals surface area contributed by atoms with Crippen LogP contribution >= 0.6 is 0 Å². The number of nitriles is 1. The van der Waals surface area contributed by atoms with Gasteiger partial charge in [0.05, 0.1) is 6.07 Å². The van der Waals surface area contributed by atoms with E-state index < -0.39 is 0 Å². The molecule has 3 nitrogen and oxygen atoms in total. The van der Waals surface area contributed by atoms with Crippen LogP contribution in [0.2, 0.25) is 0 Å². The van der Waals surface area contributed by atoms with Crippen LogP contribution < -0.4 is 0 Å². The molecular weight excluding hydrogens is 296 g/mol. The topological polar surface area (TPSA) is 47.3 Å². The lowest BCUT2D eigenvalue weighted by molar-refractivity contribution is 0.0303. The van der Waals surface area contributed by atoms with Gasteiger partial charge in [-0.25, -0.2) is 0 Å². The highest BCUT2D eigenvalue weighted by Crippen LogP contribution is 2.49. The zero-order valence-corrected chi connectivity index (χ0v) is 15.1. The maximum atomic E-state index is 9.91. The lowest BCUT2D eigenvalue weighted by atomic mass is 9.59. The molecule has 1 aromatic carbocycles. The molecule has 1 aliphatic carbocycles. The number of nitrogens with zero attached hydrogens (tertiary/aromatic N) is 2. The Morgan fingerprint density at radius 1 is 1.29 bits per heavy atom. The lowest BCUT2D eigenvalue weighted by Crippen LogP contribution is -2.58. The van der Waals surface area contributed by atoms with Crippen LogP contribution in [-0.4, -0.2) is 29.1 Å². The van der Waals surface area contributed by atoms with Crippen molar-refractivity contribution in [3.8, 4) is 11.8 Å². The van der Waals surface area contributed by atoms with Crippen molar-refractivity contribution in [2.45, 2.75) is 70.3 Å². The maximum absolute atomic E-state index is 9.91. The molecule has 0 radical (unpaired) electrons. The Morgan fingerprint density at radius 3 is 2.88 bits per heavy atom. The minimum Gasteiger partial charge on any atom is -0.508 e. The summed E-state index contributed by atoms with van der Waals surface area (Å²) in [5.74, 6) is 1.03. The largest absolute Gasteiger partial charge is 0.508 e. The number of hydrogen-bond acceptors (Lipinski definition) is 3. The van der Waals surface area contributed by atoms with E-state index in [-0.39, 0.29) is 5.41 Å². The summed E-state index contributed by atoms with van der Waals surface area (Å²) in [5.41, 5.74) is 3.00. The van der Waals surface area contributed by atoms with Gasteiger partial charge in [0, 0.05) is 12.5 Å². The number of rotatable bonds is 6. The molecule has 0 spiro atoms. The highest BCUT2D eigenvalue weighted by Gasteiger charge is 2.48. The van der Waals surface area contributed by atoms with Gasteiger partial charge in [0.1, 0.15) is 5.75 Å². The van der Waals surface area contributed by atoms with E-state index in [4.69, 9.17) is 5.26 Å². The first kappa shape index (κ1) is 17.3. The molecule has 1 N–H and O–H groups in total. The van der Waals surface area contributed by atoms with E-state index in [2.05, 4.69) is 30.9 Å². The van der Waals surface area contributed by atoms with Gasteiger partial charge in [-0.2, -0.15) is 5.26 Å². The lowest BCUT2D eigenvalue weighted by Gasteiger charge is -2.54. The van der Waals surface area contributed by atoms with Crippen molar-refractivity contribution >= 4 is 0 Å². The normalized spacial score (nSPS) is 29.0. The van der Waals surface area contributed by atoms with Crippen molar-refractivity contribution < 1.29 is 5.11 Å². The third-order valence-electron chi connectivity index (χ3n) is 6.59. The monoisotopic (exact) mass is 326 g/mol. The summed E-state index contributed by atoms with van der Waals surface area (Å²) in [5, 5.41) is 18.5. The van der Waals surface area contributed by atoms with Crippen molar-refractivity contribution in [1.29, 1.82) is 5.26 Å². The van der Waals surface area contributed by atoms with Crippen LogP contribution in [0.1, 0.15) is 63.5 Å². The standard InChI is InChI=1S/C21H30N2O/c1-16-20-14-17-8-9-18(24)15-19(17)21(16,2)10-13-23(20)12-7-5-3-4-6-11-22/h8-9,15-16,20,24H,3-7,10,12-14H2,1-2H3/t16?,20?,21-/m0/s1. The Balaban J connectivity index is 1.65. The minimum absolute atomic E-state index is 0.195. The molecule has 130 valence electrons. The van der Waals surface area contributed by atoms with Crippen LogP contribution in [0.4, 0.5) is 0 Å². The molecule has 1 aromatic rings. The molecule has 0 aromatic heterocycles. The quantitative estimate of drug-likeness (QED) is 0.789. The minimum atomic E-state index is 0.195. The SMILES string of the molecule is CC1C2Cc3ccc(O)cc3[C@@]1(C)CCN2CCCCCCC#N. The zero-order chi connectivity index (χ0) is 17.2. The number of hydrogen-bond donors (Lipinski definition) is 1. The van der Waals surface area contributed by atoms with Gasteiger partial charge in [-0.3, -0.25) is 4.90 Å². The van der Waals surface area contributed by atoms with Crippen LogP contribution in [0, 0.1) is 17.2 Å². The third-order valence-corrected chi connectivity index (χ3v) is 6.59. The van der Waals surface area contributed by atoms with Crippen molar-refractivity contribution in [2.24, 2.45) is 5.92 Å². The van der Waals surface area contributed by atoms with Crippen LogP contribution in [0.15, 0.2) is 18.2 Å². The van der Waals surface area contributed by atoms with E-state index in [1.807, 2.05) is 12.1 Å². The fourth-order valence-electron chi connectivity index (χ4n) is 4.85. The first-order valence-electron chi connectivity index (χ1n) is 9.49. The van der Waals surface area contributed by atoms with Gasteiger partial charge < -0.3 is 5.11 Å². The fraction of sp³-hybridized carbons (Fsp3) is 0.667. The number of likely N-dealkylation sites (tertiary alicyclic amines) is 1. The number of phenols is 1. The Hall–Kier alpha value is -1.53. The average molecular weight is 326 g/mol. The van der Waals surface area contributed by atoms with E-state index in [0.29, 0.717) is 24.1 Å². The predicted octanol–water partition coefficient (Wildman–Crippen LogP) is 4.39. The summed E-state index contributed by atoms with van der Waals surface area (Å²) < 4.78 is 0.